The van der Waals surface area contributed by atoms with E-state index in [0.29, 0.717) is 5.69 Å². The SMILES string of the molecule is Cc1ccc(NS(=O)(=O)c2cccc(C(=O)N/N=C/c3ccccc3)c2)c(C)c1. The fourth-order valence-electron chi connectivity index (χ4n) is 2.71. The molecule has 0 bridgehead atoms. The maximum atomic E-state index is 12.7. The Hall–Kier alpha value is -3.45. The Morgan fingerprint density at radius 3 is 2.41 bits per heavy atom. The molecule has 0 saturated heterocycles. The van der Waals surface area contributed by atoms with E-state index in [1.807, 2.05) is 56.3 Å². The van der Waals surface area contributed by atoms with Gasteiger partial charge in [-0.05, 0) is 49.2 Å². The van der Waals surface area contributed by atoms with Crippen molar-refractivity contribution in [1.29, 1.82) is 0 Å². The van der Waals surface area contributed by atoms with Crippen molar-refractivity contribution < 1.29 is 13.2 Å². The lowest BCUT2D eigenvalue weighted by molar-refractivity contribution is 0.0955. The van der Waals surface area contributed by atoms with Gasteiger partial charge in [0.2, 0.25) is 0 Å². The Bertz CT molecular complexity index is 1160. The number of amides is 1. The van der Waals surface area contributed by atoms with Crippen LogP contribution in [-0.4, -0.2) is 20.5 Å². The summed E-state index contributed by atoms with van der Waals surface area (Å²) < 4.78 is 28.1. The molecule has 0 fully saturated rings. The third-order valence-corrected chi connectivity index (χ3v) is 5.58. The van der Waals surface area contributed by atoms with Gasteiger partial charge in [-0.15, -0.1) is 0 Å². The number of nitrogens with one attached hydrogen (secondary N) is 2. The lowest BCUT2D eigenvalue weighted by atomic mass is 10.1. The molecule has 0 spiro atoms. The minimum Gasteiger partial charge on any atom is -0.279 e. The normalized spacial score (nSPS) is 11.4. The molecule has 3 aromatic carbocycles. The largest absolute Gasteiger partial charge is 0.279 e. The Morgan fingerprint density at radius 1 is 0.931 bits per heavy atom. The van der Waals surface area contributed by atoms with Crippen LogP contribution in [0.2, 0.25) is 0 Å². The minimum atomic E-state index is -3.84. The number of carbonyl (C=O) groups is 1. The lowest BCUT2D eigenvalue weighted by Crippen LogP contribution is -2.19. The van der Waals surface area contributed by atoms with Crippen molar-refractivity contribution in [2.24, 2.45) is 5.10 Å². The number of sulfonamides is 1. The van der Waals surface area contributed by atoms with Gasteiger partial charge in [0.1, 0.15) is 0 Å². The highest BCUT2D eigenvalue weighted by Crippen LogP contribution is 2.21. The van der Waals surface area contributed by atoms with Gasteiger partial charge < -0.3 is 0 Å². The average Bonchev–Trinajstić information content (AvgIpc) is 2.71. The number of nitrogens with zero attached hydrogens (tertiary/aromatic N) is 1. The summed E-state index contributed by atoms with van der Waals surface area (Å²) in [6.07, 6.45) is 1.51. The third kappa shape index (κ3) is 5.30. The van der Waals surface area contributed by atoms with Crippen molar-refractivity contribution >= 4 is 27.8 Å². The maximum Gasteiger partial charge on any atom is 0.271 e. The Morgan fingerprint density at radius 2 is 1.69 bits per heavy atom. The summed E-state index contributed by atoms with van der Waals surface area (Å²) in [5.74, 6) is -0.499. The molecule has 7 heteroatoms. The van der Waals surface area contributed by atoms with Crippen LogP contribution in [0.25, 0.3) is 0 Å². The zero-order chi connectivity index (χ0) is 20.9. The molecule has 0 aromatic heterocycles. The first-order valence-corrected chi connectivity index (χ1v) is 10.4. The topological polar surface area (TPSA) is 87.6 Å². The molecule has 148 valence electrons. The van der Waals surface area contributed by atoms with E-state index in [1.165, 1.54) is 30.5 Å². The molecule has 1 amide bonds. The molecule has 29 heavy (non-hydrogen) atoms. The fraction of sp³-hybridized carbons (Fsp3) is 0.0909. The Balaban J connectivity index is 1.75. The van der Waals surface area contributed by atoms with Crippen LogP contribution in [0, 0.1) is 13.8 Å². The van der Waals surface area contributed by atoms with Gasteiger partial charge >= 0.3 is 0 Å². The number of aryl methyl sites for hydroxylation is 2. The molecular weight excluding hydrogens is 386 g/mol. The van der Waals surface area contributed by atoms with Crippen LogP contribution in [0.5, 0.6) is 0 Å². The first-order chi connectivity index (χ1) is 13.8. The van der Waals surface area contributed by atoms with Crippen molar-refractivity contribution in [3.8, 4) is 0 Å². The molecule has 3 aromatic rings. The molecule has 0 atom stereocenters. The summed E-state index contributed by atoms with van der Waals surface area (Å²) in [6, 6.07) is 20.6. The van der Waals surface area contributed by atoms with Crippen LogP contribution in [0.3, 0.4) is 0 Å². The molecule has 0 aliphatic carbocycles. The lowest BCUT2D eigenvalue weighted by Gasteiger charge is -2.12. The van der Waals surface area contributed by atoms with Gasteiger partial charge in [0.05, 0.1) is 16.8 Å². The van der Waals surface area contributed by atoms with E-state index in [9.17, 15) is 13.2 Å². The molecular formula is C22H21N3O3S. The smallest absolute Gasteiger partial charge is 0.271 e. The van der Waals surface area contributed by atoms with E-state index in [-0.39, 0.29) is 10.5 Å². The van der Waals surface area contributed by atoms with Gasteiger partial charge in [-0.25, -0.2) is 13.8 Å². The number of hydrazone groups is 1. The number of rotatable bonds is 6. The molecule has 0 heterocycles. The van der Waals surface area contributed by atoms with Crippen LogP contribution in [0.4, 0.5) is 5.69 Å². The molecule has 0 aliphatic heterocycles. The van der Waals surface area contributed by atoms with Crippen LogP contribution < -0.4 is 10.1 Å². The summed E-state index contributed by atoms with van der Waals surface area (Å²) in [5.41, 5.74) is 5.79. The Labute approximate surface area is 170 Å². The van der Waals surface area contributed by atoms with E-state index >= 15 is 0 Å². The molecule has 0 unspecified atom stereocenters. The van der Waals surface area contributed by atoms with Crippen molar-refractivity contribution in [1.82, 2.24) is 5.43 Å². The summed E-state index contributed by atoms with van der Waals surface area (Å²) in [6.45, 7) is 3.77. The molecule has 6 nitrogen and oxygen atoms in total. The van der Waals surface area contributed by atoms with Crippen molar-refractivity contribution in [3.63, 3.8) is 0 Å². The fourth-order valence-corrected chi connectivity index (χ4v) is 3.88. The van der Waals surface area contributed by atoms with Gasteiger partial charge in [-0.1, -0.05) is 54.1 Å². The summed E-state index contributed by atoms with van der Waals surface area (Å²) in [4.78, 5) is 12.3. The van der Waals surface area contributed by atoms with Gasteiger partial charge in [-0.3, -0.25) is 9.52 Å². The highest BCUT2D eigenvalue weighted by molar-refractivity contribution is 7.92. The summed E-state index contributed by atoms with van der Waals surface area (Å²) >= 11 is 0. The molecule has 0 saturated carbocycles. The maximum absolute atomic E-state index is 12.7. The molecule has 0 radical (unpaired) electrons. The molecule has 2 N–H and O–H groups in total. The molecule has 3 rings (SSSR count). The highest BCUT2D eigenvalue weighted by Gasteiger charge is 2.17. The van der Waals surface area contributed by atoms with Crippen LogP contribution in [0.15, 0.2) is 82.8 Å². The quantitative estimate of drug-likeness (QED) is 0.480. The monoisotopic (exact) mass is 407 g/mol. The predicted molar refractivity (Wildman–Crippen MR) is 115 cm³/mol. The van der Waals surface area contributed by atoms with Crippen molar-refractivity contribution in [3.05, 3.63) is 95.1 Å². The van der Waals surface area contributed by atoms with E-state index in [4.69, 9.17) is 0 Å². The number of carbonyl (C=O) groups excluding carboxylic acids is 1. The number of benzene rings is 3. The third-order valence-electron chi connectivity index (χ3n) is 4.21. The highest BCUT2D eigenvalue weighted by atomic mass is 32.2. The number of hydrogen-bond donors (Lipinski definition) is 2. The van der Waals surface area contributed by atoms with Gasteiger partial charge in [-0.2, -0.15) is 5.10 Å². The standard InChI is InChI=1S/C22H21N3O3S/c1-16-11-12-21(17(2)13-16)25-29(27,28)20-10-6-9-19(14-20)22(26)24-23-15-18-7-4-3-5-8-18/h3-15,25H,1-2H3,(H,24,26)/b23-15+. The van der Waals surface area contributed by atoms with Crippen LogP contribution >= 0.6 is 0 Å². The second kappa shape index (κ2) is 8.70. The first kappa shape index (κ1) is 20.3. The van der Waals surface area contributed by atoms with Gasteiger partial charge in [0, 0.05) is 5.56 Å². The number of anilines is 1. The molecule has 0 aliphatic rings. The van der Waals surface area contributed by atoms with Gasteiger partial charge in [0.25, 0.3) is 15.9 Å². The number of hydrogen-bond acceptors (Lipinski definition) is 4. The van der Waals surface area contributed by atoms with Crippen LogP contribution in [-0.2, 0) is 10.0 Å². The van der Waals surface area contributed by atoms with Crippen molar-refractivity contribution in [2.45, 2.75) is 18.7 Å². The Kier molecular flexibility index (Phi) is 6.09. The minimum absolute atomic E-state index is 0.00263. The second-order valence-electron chi connectivity index (χ2n) is 6.56. The summed E-state index contributed by atoms with van der Waals surface area (Å²) in [5, 5.41) is 3.91. The zero-order valence-electron chi connectivity index (χ0n) is 16.1. The second-order valence-corrected chi connectivity index (χ2v) is 8.24. The van der Waals surface area contributed by atoms with E-state index in [1.54, 1.807) is 6.07 Å². The average molecular weight is 407 g/mol. The van der Waals surface area contributed by atoms with Crippen LogP contribution in [0.1, 0.15) is 27.0 Å². The van der Waals surface area contributed by atoms with Crippen molar-refractivity contribution in [2.75, 3.05) is 4.72 Å². The summed E-state index contributed by atoms with van der Waals surface area (Å²) in [7, 11) is -3.84. The first-order valence-electron chi connectivity index (χ1n) is 8.94. The predicted octanol–water partition coefficient (Wildman–Crippen LogP) is 3.87. The van der Waals surface area contributed by atoms with E-state index < -0.39 is 15.9 Å². The van der Waals surface area contributed by atoms with E-state index in [2.05, 4.69) is 15.2 Å². The zero-order valence-corrected chi connectivity index (χ0v) is 16.9. The van der Waals surface area contributed by atoms with Gasteiger partial charge in [0.15, 0.2) is 0 Å². The van der Waals surface area contributed by atoms with E-state index in [0.717, 1.165) is 16.7 Å².